The number of oxazole rings is 1. The Morgan fingerprint density at radius 3 is 2.83 bits per heavy atom. The number of aromatic nitrogens is 1. The van der Waals surface area contributed by atoms with Gasteiger partial charge in [0.15, 0.2) is 11.5 Å². The van der Waals surface area contributed by atoms with Crippen LogP contribution < -0.4 is 5.32 Å². The fourth-order valence-electron chi connectivity index (χ4n) is 2.52. The van der Waals surface area contributed by atoms with Crippen LogP contribution in [0.4, 0.5) is 5.69 Å². The molecule has 94 valence electrons. The van der Waals surface area contributed by atoms with Crippen LogP contribution in [-0.2, 0) is 0 Å². The molecule has 2 aliphatic carbocycles. The molecule has 4 rings (SSSR count). The Labute approximate surface area is 107 Å². The van der Waals surface area contributed by atoms with E-state index < -0.39 is 0 Å². The molecular weight excluding hydrogens is 224 g/mol. The van der Waals surface area contributed by atoms with Crippen molar-refractivity contribution in [1.29, 1.82) is 0 Å². The van der Waals surface area contributed by atoms with Crippen molar-refractivity contribution in [3.05, 3.63) is 24.1 Å². The van der Waals surface area contributed by atoms with Gasteiger partial charge in [-0.1, -0.05) is 0 Å². The number of fused-ring (bicyclic) bond motifs is 1. The first-order valence-electron chi connectivity index (χ1n) is 6.96. The molecule has 2 fully saturated rings. The molecule has 18 heavy (non-hydrogen) atoms. The van der Waals surface area contributed by atoms with Crippen molar-refractivity contribution in [2.45, 2.75) is 44.6 Å². The quantitative estimate of drug-likeness (QED) is 0.883. The first-order chi connectivity index (χ1) is 8.79. The average molecular weight is 242 g/mol. The van der Waals surface area contributed by atoms with Crippen LogP contribution in [0.2, 0.25) is 0 Å². The minimum atomic E-state index is 0.567. The summed E-state index contributed by atoms with van der Waals surface area (Å²) in [7, 11) is 0. The molecule has 3 heteroatoms. The largest absolute Gasteiger partial charge is 0.440 e. The summed E-state index contributed by atoms with van der Waals surface area (Å²) in [6.07, 6.45) is 5.20. The van der Waals surface area contributed by atoms with Gasteiger partial charge in [0, 0.05) is 17.6 Å². The lowest BCUT2D eigenvalue weighted by Gasteiger charge is -2.13. The Morgan fingerprint density at radius 2 is 2.11 bits per heavy atom. The van der Waals surface area contributed by atoms with Gasteiger partial charge < -0.3 is 9.73 Å². The maximum absolute atomic E-state index is 5.77. The molecule has 2 saturated carbocycles. The van der Waals surface area contributed by atoms with Crippen molar-refractivity contribution in [2.75, 3.05) is 5.32 Å². The van der Waals surface area contributed by atoms with Crippen molar-refractivity contribution in [3.8, 4) is 0 Å². The summed E-state index contributed by atoms with van der Waals surface area (Å²) in [6, 6.07) is 6.82. The van der Waals surface area contributed by atoms with E-state index in [4.69, 9.17) is 4.42 Å². The Balaban J connectivity index is 1.61. The van der Waals surface area contributed by atoms with Crippen molar-refractivity contribution >= 4 is 16.8 Å². The average Bonchev–Trinajstić information content (AvgIpc) is 3.24. The summed E-state index contributed by atoms with van der Waals surface area (Å²) in [6.45, 7) is 2.26. The van der Waals surface area contributed by atoms with E-state index in [1.165, 1.54) is 25.7 Å². The minimum absolute atomic E-state index is 0.567. The van der Waals surface area contributed by atoms with Crippen LogP contribution >= 0.6 is 0 Å². The highest BCUT2D eigenvalue weighted by atomic mass is 16.3. The third-order valence-electron chi connectivity index (χ3n) is 4.05. The molecule has 1 N–H and O–H groups in total. The van der Waals surface area contributed by atoms with E-state index >= 15 is 0 Å². The first kappa shape index (κ1) is 10.4. The Hall–Kier alpha value is -1.51. The lowest BCUT2D eigenvalue weighted by atomic mass is 10.2. The number of nitrogens with zero attached hydrogens (tertiary/aromatic N) is 1. The molecule has 0 aliphatic heterocycles. The second-order valence-corrected chi connectivity index (χ2v) is 5.78. The minimum Gasteiger partial charge on any atom is -0.440 e. The van der Waals surface area contributed by atoms with E-state index in [9.17, 15) is 0 Å². The van der Waals surface area contributed by atoms with Gasteiger partial charge in [0.1, 0.15) is 5.52 Å². The van der Waals surface area contributed by atoms with Gasteiger partial charge in [0.2, 0.25) is 0 Å². The number of benzene rings is 1. The summed E-state index contributed by atoms with van der Waals surface area (Å²) in [5.41, 5.74) is 3.07. The van der Waals surface area contributed by atoms with Gasteiger partial charge in [0.25, 0.3) is 0 Å². The van der Waals surface area contributed by atoms with E-state index in [1.54, 1.807) is 0 Å². The second kappa shape index (κ2) is 3.74. The SMILES string of the molecule is CC(Nc1ccc2oc(C3CC3)nc2c1)C1CC1. The van der Waals surface area contributed by atoms with Gasteiger partial charge in [-0.3, -0.25) is 0 Å². The highest BCUT2D eigenvalue weighted by Crippen LogP contribution is 2.41. The molecule has 0 amide bonds. The van der Waals surface area contributed by atoms with Crippen molar-refractivity contribution < 1.29 is 4.42 Å². The third-order valence-corrected chi connectivity index (χ3v) is 4.05. The molecular formula is C15H18N2O. The van der Waals surface area contributed by atoms with Gasteiger partial charge in [-0.25, -0.2) is 4.98 Å². The topological polar surface area (TPSA) is 38.1 Å². The molecule has 0 radical (unpaired) electrons. The van der Waals surface area contributed by atoms with Gasteiger partial charge in [0.05, 0.1) is 0 Å². The number of nitrogens with one attached hydrogen (secondary N) is 1. The van der Waals surface area contributed by atoms with Crippen LogP contribution in [-0.4, -0.2) is 11.0 Å². The molecule has 0 spiro atoms. The van der Waals surface area contributed by atoms with E-state index in [-0.39, 0.29) is 0 Å². The lowest BCUT2D eigenvalue weighted by Crippen LogP contribution is -2.16. The van der Waals surface area contributed by atoms with Gasteiger partial charge in [-0.05, 0) is 56.7 Å². The fourth-order valence-corrected chi connectivity index (χ4v) is 2.52. The zero-order valence-corrected chi connectivity index (χ0v) is 10.6. The number of hydrogen-bond donors (Lipinski definition) is 1. The molecule has 1 aromatic heterocycles. The van der Waals surface area contributed by atoms with Crippen LogP contribution in [0.15, 0.2) is 22.6 Å². The predicted molar refractivity (Wildman–Crippen MR) is 71.8 cm³/mol. The first-order valence-corrected chi connectivity index (χ1v) is 6.96. The molecule has 0 saturated heterocycles. The van der Waals surface area contributed by atoms with Crippen LogP contribution in [0.25, 0.3) is 11.1 Å². The maximum Gasteiger partial charge on any atom is 0.198 e. The van der Waals surface area contributed by atoms with E-state index in [1.807, 2.05) is 6.07 Å². The standard InChI is InChI=1S/C15H18N2O/c1-9(10-2-3-10)16-12-6-7-14-13(8-12)17-15(18-14)11-4-5-11/h6-11,16H,2-5H2,1H3. The zero-order chi connectivity index (χ0) is 12.1. The molecule has 1 unspecified atom stereocenters. The maximum atomic E-state index is 5.77. The summed E-state index contributed by atoms with van der Waals surface area (Å²) in [4.78, 5) is 4.60. The summed E-state index contributed by atoms with van der Waals surface area (Å²) >= 11 is 0. The van der Waals surface area contributed by atoms with Crippen molar-refractivity contribution in [1.82, 2.24) is 4.98 Å². The fraction of sp³-hybridized carbons (Fsp3) is 0.533. The Bertz CT molecular complexity index is 581. The smallest absolute Gasteiger partial charge is 0.198 e. The number of rotatable bonds is 4. The summed E-state index contributed by atoms with van der Waals surface area (Å²) in [5, 5.41) is 3.57. The van der Waals surface area contributed by atoms with Crippen LogP contribution in [0, 0.1) is 5.92 Å². The Kier molecular flexibility index (Phi) is 2.16. The summed E-state index contributed by atoms with van der Waals surface area (Å²) < 4.78 is 5.77. The Morgan fingerprint density at radius 1 is 1.28 bits per heavy atom. The highest BCUT2D eigenvalue weighted by Gasteiger charge is 2.29. The predicted octanol–water partition coefficient (Wildman–Crippen LogP) is 3.92. The number of anilines is 1. The van der Waals surface area contributed by atoms with Gasteiger partial charge in [-0.2, -0.15) is 0 Å². The van der Waals surface area contributed by atoms with Crippen LogP contribution in [0.1, 0.15) is 44.4 Å². The second-order valence-electron chi connectivity index (χ2n) is 5.78. The molecule has 1 aromatic carbocycles. The van der Waals surface area contributed by atoms with Crippen molar-refractivity contribution in [2.24, 2.45) is 5.92 Å². The molecule has 2 aromatic rings. The van der Waals surface area contributed by atoms with E-state index in [0.29, 0.717) is 12.0 Å². The highest BCUT2D eigenvalue weighted by molar-refractivity contribution is 5.77. The monoisotopic (exact) mass is 242 g/mol. The zero-order valence-electron chi connectivity index (χ0n) is 10.6. The third kappa shape index (κ3) is 1.88. The number of hydrogen-bond acceptors (Lipinski definition) is 3. The van der Waals surface area contributed by atoms with Crippen molar-refractivity contribution in [3.63, 3.8) is 0 Å². The molecule has 1 atom stereocenters. The van der Waals surface area contributed by atoms with E-state index in [0.717, 1.165) is 28.6 Å². The normalized spacial score (nSPS) is 21.2. The summed E-state index contributed by atoms with van der Waals surface area (Å²) in [5.74, 6) is 2.37. The van der Waals surface area contributed by atoms with Crippen LogP contribution in [0.5, 0.6) is 0 Å². The van der Waals surface area contributed by atoms with Gasteiger partial charge in [-0.15, -0.1) is 0 Å². The molecule has 2 aliphatic rings. The van der Waals surface area contributed by atoms with Gasteiger partial charge >= 0.3 is 0 Å². The molecule has 3 nitrogen and oxygen atoms in total. The van der Waals surface area contributed by atoms with Crippen LogP contribution in [0.3, 0.4) is 0 Å². The lowest BCUT2D eigenvalue weighted by molar-refractivity contribution is 0.533. The molecule has 0 bridgehead atoms. The van der Waals surface area contributed by atoms with E-state index in [2.05, 4.69) is 29.4 Å². The molecule has 1 heterocycles.